The highest BCUT2D eigenvalue weighted by Gasteiger charge is 2.47. The summed E-state index contributed by atoms with van der Waals surface area (Å²) in [5, 5.41) is 24.2. The molecule has 5 rings (SSSR count). The van der Waals surface area contributed by atoms with Crippen LogP contribution >= 0.6 is 0 Å². The van der Waals surface area contributed by atoms with Crippen molar-refractivity contribution < 1.29 is 42.5 Å². The average Bonchev–Trinajstić information content (AvgIpc) is 3.43. The van der Waals surface area contributed by atoms with Crippen LogP contribution in [-0.2, 0) is 33.9 Å². The Balaban J connectivity index is 1.40. The summed E-state index contributed by atoms with van der Waals surface area (Å²) in [7, 11) is -3.75. The fourth-order valence-electron chi connectivity index (χ4n) is 6.75. The third-order valence-corrected chi connectivity index (χ3v) is 10.2. The van der Waals surface area contributed by atoms with Crippen LogP contribution in [0.4, 0.5) is 0 Å². The molecule has 0 spiro atoms. The summed E-state index contributed by atoms with van der Waals surface area (Å²) in [5.41, 5.74) is 0. The molecule has 3 amide bonds. The van der Waals surface area contributed by atoms with Gasteiger partial charge in [-0.25, -0.2) is 8.42 Å². The molecule has 14 nitrogen and oxygen atoms in total. The van der Waals surface area contributed by atoms with Crippen molar-refractivity contribution in [2.75, 3.05) is 58.7 Å². The number of carbonyl (C=O) groups excluding carboxylic acids is 3. The number of carbonyl (C=O) groups is 3. The molecule has 3 N–H and O–H groups in total. The monoisotopic (exact) mass is 587 g/mol. The Hall–Kier alpha value is -1.88. The summed E-state index contributed by atoms with van der Waals surface area (Å²) < 4.78 is 38.1. The molecule has 5 aliphatic rings. The van der Waals surface area contributed by atoms with Gasteiger partial charge in [0.1, 0.15) is 18.3 Å². The van der Waals surface area contributed by atoms with Gasteiger partial charge in [0.25, 0.3) is 0 Å². The van der Waals surface area contributed by atoms with Crippen LogP contribution in [0.3, 0.4) is 0 Å². The molecule has 15 heteroatoms. The van der Waals surface area contributed by atoms with Crippen molar-refractivity contribution in [2.24, 2.45) is 0 Å². The zero-order chi connectivity index (χ0) is 28.8. The van der Waals surface area contributed by atoms with E-state index < -0.39 is 46.6 Å². The largest absolute Gasteiger partial charge is 0.388 e. The predicted molar refractivity (Wildman–Crippen MR) is 140 cm³/mol. The molecule has 5 aliphatic heterocycles. The first-order chi connectivity index (χ1) is 18.9. The number of likely N-dealkylation sites (tertiary alicyclic amines) is 2. The minimum atomic E-state index is -3.75. The van der Waals surface area contributed by atoms with E-state index in [2.05, 4.69) is 10.2 Å². The number of hydrogen-bond donors (Lipinski definition) is 3. The molecule has 0 aromatic carbocycles. The first kappa shape index (κ1) is 29.6. The maximum absolute atomic E-state index is 13.9. The van der Waals surface area contributed by atoms with Crippen molar-refractivity contribution in [1.82, 2.24) is 24.3 Å². The van der Waals surface area contributed by atoms with E-state index in [9.17, 15) is 33.0 Å². The molecule has 6 bridgehead atoms. The smallest absolute Gasteiger partial charge is 0.240 e. The van der Waals surface area contributed by atoms with Crippen LogP contribution in [0.25, 0.3) is 0 Å². The molecule has 0 aliphatic carbocycles. The van der Waals surface area contributed by atoms with Gasteiger partial charge in [-0.15, -0.1) is 0 Å². The SMILES string of the molecule is CC(=O)N1CCC(N2C[C@@H]3C[C@H]2C(=O)N2CCO[C@@H](C2)CN(S(C)(=O)=O)C[C@H]2O[C@@H](CC(=O)N3)[C@H](O)[C@@H]2O)CC1. The second-order valence-corrected chi connectivity index (χ2v) is 13.7. The van der Waals surface area contributed by atoms with Gasteiger partial charge in [-0.05, 0) is 19.3 Å². The van der Waals surface area contributed by atoms with E-state index in [1.54, 1.807) is 16.7 Å². The number of morpholine rings is 1. The van der Waals surface area contributed by atoms with E-state index in [0.717, 1.165) is 23.4 Å². The van der Waals surface area contributed by atoms with Gasteiger partial charge in [0, 0.05) is 64.8 Å². The Morgan fingerprint density at radius 2 is 1.70 bits per heavy atom. The number of rotatable bonds is 2. The Morgan fingerprint density at radius 3 is 2.38 bits per heavy atom. The molecule has 226 valence electrons. The lowest BCUT2D eigenvalue weighted by Gasteiger charge is -2.41. The number of aliphatic hydroxyl groups excluding tert-OH is 2. The number of nitrogens with one attached hydrogen (secondary N) is 1. The molecule has 40 heavy (non-hydrogen) atoms. The van der Waals surface area contributed by atoms with Crippen LogP contribution in [0.5, 0.6) is 0 Å². The number of amides is 3. The van der Waals surface area contributed by atoms with E-state index in [1.165, 1.54) is 0 Å². The van der Waals surface area contributed by atoms with Gasteiger partial charge < -0.3 is 34.8 Å². The minimum absolute atomic E-state index is 0.0289. The summed E-state index contributed by atoms with van der Waals surface area (Å²) in [6.07, 6.45) is -2.62. The van der Waals surface area contributed by atoms with E-state index in [1.807, 2.05) is 0 Å². The molecule has 0 radical (unpaired) electrons. The first-order valence-electron chi connectivity index (χ1n) is 14.1. The number of fused-ring (bicyclic) bond motifs is 6. The van der Waals surface area contributed by atoms with E-state index in [0.29, 0.717) is 32.6 Å². The molecule has 5 saturated heterocycles. The zero-order valence-electron chi connectivity index (χ0n) is 23.1. The molecule has 0 saturated carbocycles. The van der Waals surface area contributed by atoms with Crippen molar-refractivity contribution >= 4 is 27.7 Å². The zero-order valence-corrected chi connectivity index (χ0v) is 23.9. The number of nitrogens with zero attached hydrogens (tertiary/aromatic N) is 4. The number of ether oxygens (including phenoxy) is 2. The standard InChI is InChI=1S/C25H41N5O9S/c1-15(31)27-5-3-17(4-6-27)30-11-16-9-19(30)25(35)28-7-8-38-18(12-28)13-29(40(2,36)37)14-21-24(34)23(33)20(39-21)10-22(32)26-16/h16-21,23-24,33-34H,3-14H2,1-2H3,(H,26,32)/t16-,18-,19-,20-,21+,23-,24+/m0/s1. The number of aliphatic hydroxyl groups is 2. The van der Waals surface area contributed by atoms with Crippen LogP contribution in [-0.4, -0.2) is 163 Å². The normalized spacial score (nSPS) is 37.5. The molecule has 5 heterocycles. The minimum Gasteiger partial charge on any atom is -0.388 e. The Labute approximate surface area is 234 Å². The topological polar surface area (TPSA) is 169 Å². The average molecular weight is 588 g/mol. The predicted octanol–water partition coefficient (Wildman–Crippen LogP) is -3.06. The Morgan fingerprint density at radius 1 is 1.00 bits per heavy atom. The molecule has 7 atom stereocenters. The quantitative estimate of drug-likeness (QED) is 0.302. The number of piperidine rings is 1. The first-order valence-corrected chi connectivity index (χ1v) is 15.9. The summed E-state index contributed by atoms with van der Waals surface area (Å²) in [6.45, 7) is 3.80. The van der Waals surface area contributed by atoms with Crippen molar-refractivity contribution in [2.45, 2.75) is 81.3 Å². The number of hydrogen-bond acceptors (Lipinski definition) is 10. The third-order valence-electron chi connectivity index (χ3n) is 8.93. The highest BCUT2D eigenvalue weighted by molar-refractivity contribution is 7.88. The second-order valence-electron chi connectivity index (χ2n) is 11.7. The lowest BCUT2D eigenvalue weighted by molar-refractivity contribution is -0.145. The van der Waals surface area contributed by atoms with Crippen LogP contribution in [0.15, 0.2) is 0 Å². The lowest BCUT2D eigenvalue weighted by Crippen LogP contribution is -2.57. The number of sulfonamides is 1. The molecule has 0 aromatic heterocycles. The van der Waals surface area contributed by atoms with Gasteiger partial charge in [-0.3, -0.25) is 19.3 Å². The Kier molecular flexibility index (Phi) is 8.72. The van der Waals surface area contributed by atoms with Gasteiger partial charge in [-0.2, -0.15) is 4.31 Å². The lowest BCUT2D eigenvalue weighted by atomic mass is 10.0. The van der Waals surface area contributed by atoms with E-state index in [4.69, 9.17) is 9.47 Å². The third kappa shape index (κ3) is 6.30. The molecule has 0 aromatic rings. The van der Waals surface area contributed by atoms with Gasteiger partial charge >= 0.3 is 0 Å². The van der Waals surface area contributed by atoms with Gasteiger partial charge in [-0.1, -0.05) is 0 Å². The van der Waals surface area contributed by atoms with Crippen LogP contribution in [0.1, 0.15) is 32.6 Å². The molecular weight excluding hydrogens is 546 g/mol. The van der Waals surface area contributed by atoms with Crippen LogP contribution in [0.2, 0.25) is 0 Å². The van der Waals surface area contributed by atoms with Crippen molar-refractivity contribution in [3.63, 3.8) is 0 Å². The van der Waals surface area contributed by atoms with Crippen LogP contribution in [0, 0.1) is 0 Å². The summed E-state index contributed by atoms with van der Waals surface area (Å²) in [4.78, 5) is 44.5. The van der Waals surface area contributed by atoms with Crippen molar-refractivity contribution in [1.29, 1.82) is 0 Å². The van der Waals surface area contributed by atoms with E-state index in [-0.39, 0.29) is 62.5 Å². The molecular formula is C25H41N5O9S. The van der Waals surface area contributed by atoms with Gasteiger partial charge in [0.05, 0.1) is 37.5 Å². The second kappa shape index (κ2) is 11.8. The highest BCUT2D eigenvalue weighted by Crippen LogP contribution is 2.30. The maximum Gasteiger partial charge on any atom is 0.240 e. The molecule has 0 unspecified atom stereocenters. The van der Waals surface area contributed by atoms with Crippen molar-refractivity contribution in [3.8, 4) is 0 Å². The highest BCUT2D eigenvalue weighted by atomic mass is 32.2. The summed E-state index contributed by atoms with van der Waals surface area (Å²) in [6, 6.07) is -0.699. The van der Waals surface area contributed by atoms with Crippen molar-refractivity contribution in [3.05, 3.63) is 0 Å². The summed E-state index contributed by atoms with van der Waals surface area (Å²) >= 11 is 0. The van der Waals surface area contributed by atoms with Crippen LogP contribution < -0.4 is 5.32 Å². The van der Waals surface area contributed by atoms with Gasteiger partial charge in [0.2, 0.25) is 27.7 Å². The van der Waals surface area contributed by atoms with E-state index >= 15 is 0 Å². The fourth-order valence-corrected chi connectivity index (χ4v) is 7.61. The maximum atomic E-state index is 13.9. The van der Waals surface area contributed by atoms with Gasteiger partial charge in [0.15, 0.2) is 0 Å². The molecule has 5 fully saturated rings. The summed E-state index contributed by atoms with van der Waals surface area (Å²) in [5.74, 6) is -0.424. The Bertz CT molecular complexity index is 1080. The fraction of sp³-hybridized carbons (Fsp3) is 0.880.